The van der Waals surface area contributed by atoms with E-state index in [1.165, 1.54) is 24.3 Å². The number of rotatable bonds is 4. The Morgan fingerprint density at radius 1 is 1.32 bits per heavy atom. The summed E-state index contributed by atoms with van der Waals surface area (Å²) in [6, 6.07) is 6.99. The minimum atomic E-state index is -1.36. The summed E-state index contributed by atoms with van der Waals surface area (Å²) < 4.78 is 15.2. The lowest BCUT2D eigenvalue weighted by molar-refractivity contribution is -0.148. The SMILES string of the molecule is Cc1cc(=O)c(C(=O)NC2(C(=O)O)CCC2)nn1-c1ccccc1F. The molecule has 1 aromatic heterocycles. The number of amides is 1. The van der Waals surface area contributed by atoms with Crippen molar-refractivity contribution in [2.24, 2.45) is 0 Å². The van der Waals surface area contributed by atoms with E-state index in [1.807, 2.05) is 0 Å². The molecular formula is C17H16FN3O4. The molecule has 0 spiro atoms. The zero-order chi connectivity index (χ0) is 18.2. The van der Waals surface area contributed by atoms with E-state index < -0.39 is 34.4 Å². The minimum Gasteiger partial charge on any atom is -0.480 e. The van der Waals surface area contributed by atoms with Crippen molar-refractivity contribution in [1.29, 1.82) is 0 Å². The predicted octanol–water partition coefficient (Wildman–Crippen LogP) is 1.42. The molecule has 0 atom stereocenters. The number of carbonyl (C=O) groups is 2. The van der Waals surface area contributed by atoms with Crippen molar-refractivity contribution in [3.8, 4) is 5.69 Å². The molecule has 8 heteroatoms. The molecule has 1 aliphatic carbocycles. The third-order valence-corrected chi connectivity index (χ3v) is 4.37. The monoisotopic (exact) mass is 345 g/mol. The molecule has 0 bridgehead atoms. The number of aromatic nitrogens is 2. The van der Waals surface area contributed by atoms with Crippen LogP contribution in [0.25, 0.3) is 5.69 Å². The molecule has 1 fully saturated rings. The molecule has 3 rings (SSSR count). The molecule has 1 saturated carbocycles. The van der Waals surface area contributed by atoms with Gasteiger partial charge < -0.3 is 10.4 Å². The van der Waals surface area contributed by atoms with Crippen LogP contribution in [0.2, 0.25) is 0 Å². The summed E-state index contributed by atoms with van der Waals surface area (Å²) in [5.74, 6) is -2.58. The van der Waals surface area contributed by atoms with Gasteiger partial charge in [-0.25, -0.2) is 13.9 Å². The average molecular weight is 345 g/mol. The summed E-state index contributed by atoms with van der Waals surface area (Å²) in [5.41, 5.74) is -2.04. The highest BCUT2D eigenvalue weighted by Gasteiger charge is 2.46. The Labute approximate surface area is 142 Å². The van der Waals surface area contributed by atoms with E-state index in [0.717, 1.165) is 4.68 Å². The molecule has 0 saturated heterocycles. The average Bonchev–Trinajstić information content (AvgIpc) is 2.51. The first-order valence-electron chi connectivity index (χ1n) is 7.76. The maximum atomic E-state index is 14.0. The highest BCUT2D eigenvalue weighted by molar-refractivity contribution is 5.96. The van der Waals surface area contributed by atoms with E-state index in [9.17, 15) is 23.9 Å². The van der Waals surface area contributed by atoms with Crippen LogP contribution in [0.1, 0.15) is 35.4 Å². The number of aliphatic carboxylic acids is 1. The Balaban J connectivity index is 2.01. The van der Waals surface area contributed by atoms with Crippen molar-refractivity contribution in [3.05, 3.63) is 57.8 Å². The van der Waals surface area contributed by atoms with E-state index in [4.69, 9.17) is 0 Å². The molecule has 2 N–H and O–H groups in total. The summed E-state index contributed by atoms with van der Waals surface area (Å²) in [4.78, 5) is 35.9. The minimum absolute atomic E-state index is 0.0886. The molecular weight excluding hydrogens is 329 g/mol. The van der Waals surface area contributed by atoms with Crippen molar-refractivity contribution in [1.82, 2.24) is 15.1 Å². The number of benzene rings is 1. The van der Waals surface area contributed by atoms with E-state index in [0.29, 0.717) is 25.0 Å². The fourth-order valence-corrected chi connectivity index (χ4v) is 2.77. The Hall–Kier alpha value is -3.03. The van der Waals surface area contributed by atoms with E-state index in [-0.39, 0.29) is 5.69 Å². The van der Waals surface area contributed by atoms with Gasteiger partial charge in [0.1, 0.15) is 17.0 Å². The van der Waals surface area contributed by atoms with Crippen molar-refractivity contribution in [2.75, 3.05) is 0 Å². The van der Waals surface area contributed by atoms with Gasteiger partial charge in [0.25, 0.3) is 5.91 Å². The fourth-order valence-electron chi connectivity index (χ4n) is 2.77. The number of carbonyl (C=O) groups excluding carboxylic acids is 1. The number of halogens is 1. The molecule has 2 aromatic rings. The van der Waals surface area contributed by atoms with Crippen molar-refractivity contribution in [3.63, 3.8) is 0 Å². The Bertz CT molecular complexity index is 918. The normalized spacial score (nSPS) is 15.3. The first-order valence-corrected chi connectivity index (χ1v) is 7.76. The highest BCUT2D eigenvalue weighted by atomic mass is 19.1. The van der Waals surface area contributed by atoms with Gasteiger partial charge in [-0.1, -0.05) is 12.1 Å². The van der Waals surface area contributed by atoms with E-state index >= 15 is 0 Å². The maximum absolute atomic E-state index is 14.0. The molecule has 130 valence electrons. The molecule has 25 heavy (non-hydrogen) atoms. The number of aryl methyl sites for hydroxylation is 1. The molecule has 1 amide bonds. The topological polar surface area (TPSA) is 101 Å². The summed E-state index contributed by atoms with van der Waals surface area (Å²) in [6.07, 6.45) is 1.26. The number of hydrogen-bond donors (Lipinski definition) is 2. The molecule has 1 aliphatic rings. The van der Waals surface area contributed by atoms with Gasteiger partial charge in [0, 0.05) is 11.8 Å². The number of nitrogens with one attached hydrogen (secondary N) is 1. The van der Waals surface area contributed by atoms with Crippen LogP contribution in [0.15, 0.2) is 35.1 Å². The highest BCUT2D eigenvalue weighted by Crippen LogP contribution is 2.32. The molecule has 0 unspecified atom stereocenters. The van der Waals surface area contributed by atoms with E-state index in [1.54, 1.807) is 13.0 Å². The Morgan fingerprint density at radius 2 is 2.00 bits per heavy atom. The largest absolute Gasteiger partial charge is 0.480 e. The van der Waals surface area contributed by atoms with Crippen LogP contribution in [-0.4, -0.2) is 32.3 Å². The van der Waals surface area contributed by atoms with Crippen molar-refractivity contribution in [2.45, 2.75) is 31.7 Å². The lowest BCUT2D eigenvalue weighted by atomic mass is 9.76. The fraction of sp³-hybridized carbons (Fsp3) is 0.294. The quantitative estimate of drug-likeness (QED) is 0.873. The van der Waals surface area contributed by atoms with Crippen LogP contribution in [0.3, 0.4) is 0 Å². The lowest BCUT2D eigenvalue weighted by Gasteiger charge is -2.37. The van der Waals surface area contributed by atoms with Gasteiger partial charge in [-0.3, -0.25) is 9.59 Å². The van der Waals surface area contributed by atoms with Gasteiger partial charge in [0.2, 0.25) is 5.43 Å². The van der Waals surface area contributed by atoms with Crippen LogP contribution in [0.5, 0.6) is 0 Å². The van der Waals surface area contributed by atoms with Gasteiger partial charge in [-0.2, -0.15) is 5.10 Å². The molecule has 1 heterocycles. The second-order valence-corrected chi connectivity index (χ2v) is 6.06. The summed E-state index contributed by atoms with van der Waals surface area (Å²) in [6.45, 7) is 1.56. The van der Waals surface area contributed by atoms with Crippen LogP contribution in [0, 0.1) is 12.7 Å². The predicted molar refractivity (Wildman–Crippen MR) is 86.2 cm³/mol. The molecule has 0 radical (unpaired) electrons. The van der Waals surface area contributed by atoms with Gasteiger partial charge in [0.15, 0.2) is 5.69 Å². The van der Waals surface area contributed by atoms with Gasteiger partial charge >= 0.3 is 5.97 Å². The first kappa shape index (κ1) is 16.8. The van der Waals surface area contributed by atoms with Crippen LogP contribution in [-0.2, 0) is 4.79 Å². The smallest absolute Gasteiger partial charge is 0.329 e. The Morgan fingerprint density at radius 3 is 2.56 bits per heavy atom. The van der Waals surface area contributed by atoms with Crippen molar-refractivity contribution >= 4 is 11.9 Å². The number of para-hydroxylation sites is 1. The Kier molecular flexibility index (Phi) is 4.12. The first-order chi connectivity index (χ1) is 11.8. The van der Waals surface area contributed by atoms with Gasteiger partial charge in [-0.15, -0.1) is 0 Å². The van der Waals surface area contributed by atoms with Crippen molar-refractivity contribution < 1.29 is 19.1 Å². The summed E-state index contributed by atoms with van der Waals surface area (Å²) in [7, 11) is 0. The number of nitrogens with zero attached hydrogens (tertiary/aromatic N) is 2. The lowest BCUT2D eigenvalue weighted by Crippen LogP contribution is -2.59. The third kappa shape index (κ3) is 2.90. The molecule has 0 aliphatic heterocycles. The van der Waals surface area contributed by atoms with Crippen LogP contribution in [0.4, 0.5) is 4.39 Å². The maximum Gasteiger partial charge on any atom is 0.329 e. The number of hydrogen-bond acceptors (Lipinski definition) is 4. The number of carboxylic acids is 1. The zero-order valence-corrected chi connectivity index (χ0v) is 13.5. The van der Waals surface area contributed by atoms with E-state index in [2.05, 4.69) is 10.4 Å². The van der Waals surface area contributed by atoms with Gasteiger partial charge in [0.05, 0.1) is 0 Å². The summed E-state index contributed by atoms with van der Waals surface area (Å²) >= 11 is 0. The van der Waals surface area contributed by atoms with Crippen LogP contribution >= 0.6 is 0 Å². The third-order valence-electron chi connectivity index (χ3n) is 4.37. The molecule has 1 aromatic carbocycles. The summed E-state index contributed by atoms with van der Waals surface area (Å²) in [5, 5.41) is 15.6. The standard InChI is InChI=1S/C17H16FN3O4/c1-10-9-13(22)14(15(23)19-17(16(24)25)7-4-8-17)20-21(10)12-6-3-2-5-11(12)18/h2-3,5-6,9H,4,7-8H2,1H3,(H,19,23)(H,24,25). The number of carboxylic acid groups (broad SMARTS) is 1. The second-order valence-electron chi connectivity index (χ2n) is 6.06. The van der Waals surface area contributed by atoms with Gasteiger partial charge in [-0.05, 0) is 38.3 Å². The van der Waals surface area contributed by atoms with Crippen LogP contribution < -0.4 is 10.7 Å². The molecule has 7 nitrogen and oxygen atoms in total. The second kappa shape index (κ2) is 6.12. The zero-order valence-electron chi connectivity index (χ0n) is 13.5.